The number of carbonyl (C=O) groups excluding carboxylic acids is 1. The van der Waals surface area contributed by atoms with Crippen LogP contribution in [0.25, 0.3) is 16.6 Å². The van der Waals surface area contributed by atoms with E-state index in [1.54, 1.807) is 32.4 Å². The number of para-hydroxylation sites is 1. The van der Waals surface area contributed by atoms with E-state index in [1.807, 2.05) is 34.7 Å². The van der Waals surface area contributed by atoms with Crippen LogP contribution in [0.3, 0.4) is 0 Å². The minimum absolute atomic E-state index is 0.109. The third-order valence-corrected chi connectivity index (χ3v) is 5.42. The molecule has 7 nitrogen and oxygen atoms in total. The molecule has 8 heteroatoms. The zero-order valence-electron chi connectivity index (χ0n) is 16.1. The van der Waals surface area contributed by atoms with Gasteiger partial charge in [-0.1, -0.05) is 30.0 Å². The van der Waals surface area contributed by atoms with Gasteiger partial charge in [0.2, 0.25) is 5.91 Å². The van der Waals surface area contributed by atoms with Crippen LogP contribution in [0.1, 0.15) is 6.42 Å². The molecule has 148 valence electrons. The van der Waals surface area contributed by atoms with Crippen molar-refractivity contribution in [2.24, 2.45) is 0 Å². The molecule has 2 aromatic heterocycles. The molecule has 0 aliphatic heterocycles. The first-order valence-corrected chi connectivity index (χ1v) is 10.1. The van der Waals surface area contributed by atoms with Gasteiger partial charge in [-0.25, -0.2) is 0 Å². The number of fused-ring (bicyclic) bond motifs is 3. The molecule has 0 fully saturated rings. The number of hydrogen-bond donors (Lipinski definition) is 1. The van der Waals surface area contributed by atoms with Crippen LogP contribution in [0.2, 0.25) is 0 Å². The first-order valence-electron chi connectivity index (χ1n) is 9.07. The average Bonchev–Trinajstić information content (AvgIpc) is 3.17. The van der Waals surface area contributed by atoms with Gasteiger partial charge in [-0.2, -0.15) is 0 Å². The van der Waals surface area contributed by atoms with Crippen LogP contribution in [0.15, 0.2) is 59.8 Å². The summed E-state index contributed by atoms with van der Waals surface area (Å²) in [6, 6.07) is 17.3. The third kappa shape index (κ3) is 3.97. The Morgan fingerprint density at radius 2 is 1.93 bits per heavy atom. The topological polar surface area (TPSA) is 77.8 Å². The molecular formula is C21H20N4O3S. The number of aromatic nitrogens is 3. The van der Waals surface area contributed by atoms with Crippen LogP contribution < -0.4 is 14.8 Å². The molecule has 0 aliphatic carbocycles. The SMILES string of the molecule is COc1ccc(OC)c(NC(=O)CCSc2nnc3ccc4ccccc4n23)c1. The lowest BCUT2D eigenvalue weighted by Gasteiger charge is -2.11. The number of ether oxygens (including phenoxy) is 2. The molecule has 29 heavy (non-hydrogen) atoms. The lowest BCUT2D eigenvalue weighted by atomic mass is 10.2. The molecule has 0 radical (unpaired) electrons. The largest absolute Gasteiger partial charge is 0.497 e. The summed E-state index contributed by atoms with van der Waals surface area (Å²) in [5, 5.41) is 13.3. The molecule has 0 atom stereocenters. The summed E-state index contributed by atoms with van der Waals surface area (Å²) in [4.78, 5) is 12.4. The lowest BCUT2D eigenvalue weighted by Crippen LogP contribution is -2.13. The van der Waals surface area contributed by atoms with E-state index in [1.165, 1.54) is 11.8 Å². The van der Waals surface area contributed by atoms with Crippen molar-refractivity contribution >= 4 is 39.9 Å². The lowest BCUT2D eigenvalue weighted by molar-refractivity contribution is -0.115. The van der Waals surface area contributed by atoms with E-state index in [0.717, 1.165) is 21.7 Å². The third-order valence-electron chi connectivity index (χ3n) is 4.49. The van der Waals surface area contributed by atoms with Crippen LogP contribution in [0.4, 0.5) is 5.69 Å². The van der Waals surface area contributed by atoms with Crippen LogP contribution in [-0.4, -0.2) is 40.5 Å². The van der Waals surface area contributed by atoms with Crippen molar-refractivity contribution in [2.75, 3.05) is 25.3 Å². The molecule has 1 N–H and O–H groups in total. The van der Waals surface area contributed by atoms with Crippen molar-refractivity contribution in [1.82, 2.24) is 14.6 Å². The summed E-state index contributed by atoms with van der Waals surface area (Å²) >= 11 is 1.50. The van der Waals surface area contributed by atoms with Gasteiger partial charge in [0.25, 0.3) is 0 Å². The van der Waals surface area contributed by atoms with Crippen molar-refractivity contribution < 1.29 is 14.3 Å². The Kier molecular flexibility index (Phi) is 5.53. The van der Waals surface area contributed by atoms with Crippen LogP contribution in [0.5, 0.6) is 11.5 Å². The van der Waals surface area contributed by atoms with E-state index < -0.39 is 0 Å². The first kappa shape index (κ1) is 19.1. The maximum atomic E-state index is 12.4. The van der Waals surface area contributed by atoms with E-state index >= 15 is 0 Å². The highest BCUT2D eigenvalue weighted by atomic mass is 32.2. The molecule has 0 spiro atoms. The van der Waals surface area contributed by atoms with Crippen molar-refractivity contribution in [3.8, 4) is 11.5 Å². The van der Waals surface area contributed by atoms with Gasteiger partial charge in [-0.05, 0) is 35.7 Å². The molecular weight excluding hydrogens is 388 g/mol. The van der Waals surface area contributed by atoms with Gasteiger partial charge in [0.1, 0.15) is 11.5 Å². The van der Waals surface area contributed by atoms with Crippen molar-refractivity contribution in [3.05, 3.63) is 54.6 Å². The standard InChI is InChI=1S/C21H20N4O3S/c1-27-15-8-9-18(28-2)16(13-15)22-20(26)11-12-29-21-24-23-19-10-7-14-5-3-4-6-17(14)25(19)21/h3-10,13H,11-12H2,1-2H3,(H,22,26). The summed E-state index contributed by atoms with van der Waals surface area (Å²) in [6.07, 6.45) is 0.324. The van der Waals surface area contributed by atoms with Crippen molar-refractivity contribution in [3.63, 3.8) is 0 Å². The fourth-order valence-electron chi connectivity index (χ4n) is 3.07. The summed E-state index contributed by atoms with van der Waals surface area (Å²) in [6.45, 7) is 0. The van der Waals surface area contributed by atoms with Crippen LogP contribution in [-0.2, 0) is 4.79 Å². The first-order chi connectivity index (χ1) is 14.2. The Hall–Kier alpha value is -3.26. The number of thioether (sulfide) groups is 1. The normalized spacial score (nSPS) is 11.0. The minimum Gasteiger partial charge on any atom is -0.497 e. The number of nitrogens with zero attached hydrogens (tertiary/aromatic N) is 3. The molecule has 0 saturated carbocycles. The maximum absolute atomic E-state index is 12.4. The van der Waals surface area contributed by atoms with Gasteiger partial charge in [0.15, 0.2) is 10.8 Å². The Morgan fingerprint density at radius 1 is 1.07 bits per heavy atom. The fraction of sp³-hybridized carbons (Fsp3) is 0.190. The number of hydrogen-bond acceptors (Lipinski definition) is 6. The molecule has 2 heterocycles. The number of carbonyl (C=O) groups is 1. The van der Waals surface area contributed by atoms with E-state index in [0.29, 0.717) is 29.4 Å². The van der Waals surface area contributed by atoms with Gasteiger partial charge < -0.3 is 14.8 Å². The predicted molar refractivity (Wildman–Crippen MR) is 114 cm³/mol. The van der Waals surface area contributed by atoms with E-state index in [9.17, 15) is 4.79 Å². The summed E-state index contributed by atoms with van der Waals surface area (Å²) in [5.41, 5.74) is 2.42. The smallest absolute Gasteiger partial charge is 0.225 e. The maximum Gasteiger partial charge on any atom is 0.225 e. The predicted octanol–water partition coefficient (Wildman–Crippen LogP) is 4.02. The fourth-order valence-corrected chi connectivity index (χ4v) is 3.95. The van der Waals surface area contributed by atoms with E-state index in [2.05, 4.69) is 21.6 Å². The highest BCUT2D eigenvalue weighted by Gasteiger charge is 2.12. The second-order valence-corrected chi connectivity index (χ2v) is 7.34. The van der Waals surface area contributed by atoms with Gasteiger partial charge >= 0.3 is 0 Å². The molecule has 4 aromatic rings. The van der Waals surface area contributed by atoms with Crippen molar-refractivity contribution in [2.45, 2.75) is 11.6 Å². The van der Waals surface area contributed by atoms with Gasteiger partial charge in [0.05, 0.1) is 25.4 Å². The number of methoxy groups -OCH3 is 2. The number of amides is 1. The highest BCUT2D eigenvalue weighted by molar-refractivity contribution is 7.99. The quantitative estimate of drug-likeness (QED) is 0.466. The highest BCUT2D eigenvalue weighted by Crippen LogP contribution is 2.29. The number of nitrogens with one attached hydrogen (secondary N) is 1. The van der Waals surface area contributed by atoms with Gasteiger partial charge in [-0.15, -0.1) is 10.2 Å². The van der Waals surface area contributed by atoms with E-state index in [4.69, 9.17) is 9.47 Å². The number of rotatable bonds is 7. The van der Waals surface area contributed by atoms with Crippen LogP contribution >= 0.6 is 11.8 Å². The Morgan fingerprint density at radius 3 is 2.76 bits per heavy atom. The Balaban J connectivity index is 1.44. The molecule has 0 aliphatic rings. The Labute approximate surface area is 172 Å². The number of benzene rings is 2. The molecule has 0 unspecified atom stereocenters. The number of anilines is 1. The minimum atomic E-state index is -0.109. The molecule has 1 amide bonds. The van der Waals surface area contributed by atoms with Crippen LogP contribution in [0, 0.1) is 0 Å². The van der Waals surface area contributed by atoms with Gasteiger partial charge in [-0.3, -0.25) is 9.20 Å². The Bertz CT molecular complexity index is 1180. The van der Waals surface area contributed by atoms with E-state index in [-0.39, 0.29) is 5.91 Å². The molecule has 2 aromatic carbocycles. The molecule has 0 saturated heterocycles. The monoisotopic (exact) mass is 408 g/mol. The zero-order chi connectivity index (χ0) is 20.2. The molecule has 4 rings (SSSR count). The summed E-state index contributed by atoms with van der Waals surface area (Å²) in [7, 11) is 3.14. The second kappa shape index (κ2) is 8.40. The number of pyridine rings is 1. The van der Waals surface area contributed by atoms with Crippen molar-refractivity contribution in [1.29, 1.82) is 0 Å². The molecule has 0 bridgehead atoms. The summed E-state index contributed by atoms with van der Waals surface area (Å²) in [5.74, 6) is 1.70. The average molecular weight is 408 g/mol. The second-order valence-electron chi connectivity index (χ2n) is 6.28. The van der Waals surface area contributed by atoms with Gasteiger partial charge in [0, 0.05) is 18.2 Å². The summed E-state index contributed by atoms with van der Waals surface area (Å²) < 4.78 is 12.5. The zero-order valence-corrected chi connectivity index (χ0v) is 16.9.